The summed E-state index contributed by atoms with van der Waals surface area (Å²) in [7, 11) is 1.85. The second-order valence-corrected chi connectivity index (χ2v) is 4.87. The molecule has 0 bridgehead atoms. The number of carboxylic acids is 1. The van der Waals surface area contributed by atoms with Crippen molar-refractivity contribution in [2.24, 2.45) is 7.05 Å². The van der Waals surface area contributed by atoms with E-state index in [9.17, 15) is 9.90 Å². The number of aromatic nitrogens is 2. The van der Waals surface area contributed by atoms with Gasteiger partial charge in [-0.05, 0) is 36.6 Å². The SMILES string of the molecule is Cn1nccc1CCC(C(=O)O)c1cccc(Cl)c1. The lowest BCUT2D eigenvalue weighted by molar-refractivity contribution is -0.138. The molecule has 0 spiro atoms. The van der Waals surface area contributed by atoms with Gasteiger partial charge in [0, 0.05) is 24.0 Å². The molecule has 1 atom stereocenters. The number of rotatable bonds is 5. The van der Waals surface area contributed by atoms with E-state index < -0.39 is 11.9 Å². The Hall–Kier alpha value is -1.81. The highest BCUT2D eigenvalue weighted by molar-refractivity contribution is 6.30. The third-order valence-electron chi connectivity index (χ3n) is 3.16. The van der Waals surface area contributed by atoms with Crippen LogP contribution in [0.4, 0.5) is 0 Å². The minimum absolute atomic E-state index is 0.523. The number of benzene rings is 1. The zero-order chi connectivity index (χ0) is 13.8. The first-order valence-electron chi connectivity index (χ1n) is 6.03. The first-order valence-corrected chi connectivity index (χ1v) is 6.41. The van der Waals surface area contributed by atoms with Gasteiger partial charge in [-0.2, -0.15) is 5.10 Å². The fraction of sp³-hybridized carbons (Fsp3) is 0.286. The topological polar surface area (TPSA) is 55.1 Å². The van der Waals surface area contributed by atoms with Gasteiger partial charge in [-0.3, -0.25) is 9.48 Å². The molecule has 2 aromatic rings. The normalized spacial score (nSPS) is 12.3. The lowest BCUT2D eigenvalue weighted by atomic mass is 9.93. The minimum atomic E-state index is -0.829. The molecular weight excluding hydrogens is 264 g/mol. The highest BCUT2D eigenvalue weighted by Crippen LogP contribution is 2.24. The molecule has 1 aromatic carbocycles. The van der Waals surface area contributed by atoms with E-state index in [1.165, 1.54) is 0 Å². The van der Waals surface area contributed by atoms with Crippen molar-refractivity contribution in [2.45, 2.75) is 18.8 Å². The summed E-state index contributed by atoms with van der Waals surface area (Å²) >= 11 is 5.91. The Bertz CT molecular complexity index is 580. The van der Waals surface area contributed by atoms with Crippen molar-refractivity contribution in [1.29, 1.82) is 0 Å². The number of aryl methyl sites for hydroxylation is 2. The van der Waals surface area contributed by atoms with Crippen molar-refractivity contribution in [2.75, 3.05) is 0 Å². The Kier molecular flexibility index (Phi) is 4.22. The molecule has 0 saturated heterocycles. The predicted molar refractivity (Wildman–Crippen MR) is 73.4 cm³/mol. The van der Waals surface area contributed by atoms with Gasteiger partial charge in [0.15, 0.2) is 0 Å². The smallest absolute Gasteiger partial charge is 0.310 e. The summed E-state index contributed by atoms with van der Waals surface area (Å²) in [5.74, 6) is -1.38. The van der Waals surface area contributed by atoms with E-state index in [1.807, 2.05) is 13.1 Å². The maximum absolute atomic E-state index is 11.4. The average Bonchev–Trinajstić information content (AvgIpc) is 2.75. The number of nitrogens with zero attached hydrogens (tertiary/aromatic N) is 2. The van der Waals surface area contributed by atoms with E-state index in [4.69, 9.17) is 11.6 Å². The monoisotopic (exact) mass is 278 g/mol. The van der Waals surface area contributed by atoms with E-state index in [1.54, 1.807) is 35.1 Å². The summed E-state index contributed by atoms with van der Waals surface area (Å²) in [5, 5.41) is 14.0. The number of carbonyl (C=O) groups is 1. The first-order chi connectivity index (χ1) is 9.08. The van der Waals surface area contributed by atoms with Crippen LogP contribution in [0.1, 0.15) is 23.6 Å². The second-order valence-electron chi connectivity index (χ2n) is 4.43. The van der Waals surface area contributed by atoms with Crippen LogP contribution in [0.5, 0.6) is 0 Å². The predicted octanol–water partition coefficient (Wildman–Crippen LogP) is 2.87. The minimum Gasteiger partial charge on any atom is -0.481 e. The summed E-state index contributed by atoms with van der Waals surface area (Å²) < 4.78 is 1.76. The lowest BCUT2D eigenvalue weighted by Crippen LogP contribution is -2.13. The summed E-state index contributed by atoms with van der Waals surface area (Å²) in [5.41, 5.74) is 1.76. The maximum atomic E-state index is 11.4. The van der Waals surface area contributed by atoms with Gasteiger partial charge in [-0.25, -0.2) is 0 Å². The van der Waals surface area contributed by atoms with Crippen LogP contribution in [-0.2, 0) is 18.3 Å². The van der Waals surface area contributed by atoms with Crippen LogP contribution in [0, 0.1) is 0 Å². The molecule has 5 heteroatoms. The number of aliphatic carboxylic acids is 1. The van der Waals surface area contributed by atoms with Crippen LogP contribution in [-0.4, -0.2) is 20.9 Å². The van der Waals surface area contributed by atoms with Crippen molar-refractivity contribution >= 4 is 17.6 Å². The van der Waals surface area contributed by atoms with Crippen LogP contribution >= 0.6 is 11.6 Å². The molecule has 19 heavy (non-hydrogen) atoms. The first kappa shape index (κ1) is 13.6. The molecule has 0 saturated carbocycles. The van der Waals surface area contributed by atoms with Gasteiger partial charge in [-0.15, -0.1) is 0 Å². The highest BCUT2D eigenvalue weighted by atomic mass is 35.5. The largest absolute Gasteiger partial charge is 0.481 e. The quantitative estimate of drug-likeness (QED) is 0.915. The van der Waals surface area contributed by atoms with Crippen LogP contribution in [0.15, 0.2) is 36.5 Å². The van der Waals surface area contributed by atoms with E-state index >= 15 is 0 Å². The average molecular weight is 279 g/mol. The molecule has 1 heterocycles. The molecule has 0 fully saturated rings. The van der Waals surface area contributed by atoms with Gasteiger partial charge in [0.1, 0.15) is 0 Å². The standard InChI is InChI=1S/C14H15ClN2O2/c1-17-12(7-8-16-17)5-6-13(14(18)19)10-3-2-4-11(15)9-10/h2-4,7-9,13H,5-6H2,1H3,(H,18,19). The van der Waals surface area contributed by atoms with Crippen molar-refractivity contribution in [3.05, 3.63) is 52.8 Å². The fourth-order valence-corrected chi connectivity index (χ4v) is 2.29. The molecule has 1 aromatic heterocycles. The molecule has 0 aliphatic carbocycles. The van der Waals surface area contributed by atoms with Crippen molar-refractivity contribution in [3.8, 4) is 0 Å². The molecule has 100 valence electrons. The molecule has 2 rings (SSSR count). The van der Waals surface area contributed by atoms with Gasteiger partial charge in [-0.1, -0.05) is 23.7 Å². The van der Waals surface area contributed by atoms with Crippen LogP contribution in [0.2, 0.25) is 5.02 Å². The number of hydrogen-bond donors (Lipinski definition) is 1. The molecule has 1 N–H and O–H groups in total. The summed E-state index contributed by atoms with van der Waals surface area (Å²) in [6, 6.07) is 8.93. The number of hydrogen-bond acceptors (Lipinski definition) is 2. The Morgan fingerprint density at radius 3 is 2.84 bits per heavy atom. The van der Waals surface area contributed by atoms with Gasteiger partial charge in [0.05, 0.1) is 5.92 Å². The summed E-state index contributed by atoms with van der Waals surface area (Å²) in [6.45, 7) is 0. The van der Waals surface area contributed by atoms with E-state index in [-0.39, 0.29) is 0 Å². The Morgan fingerprint density at radius 2 is 2.26 bits per heavy atom. The Balaban J connectivity index is 2.13. The Labute approximate surface area is 116 Å². The number of halogens is 1. The van der Waals surface area contributed by atoms with E-state index in [2.05, 4.69) is 5.10 Å². The van der Waals surface area contributed by atoms with Crippen LogP contribution < -0.4 is 0 Å². The van der Waals surface area contributed by atoms with Gasteiger partial charge in [0.25, 0.3) is 0 Å². The molecule has 0 aliphatic heterocycles. The molecule has 0 radical (unpaired) electrons. The van der Waals surface area contributed by atoms with E-state index in [0.29, 0.717) is 17.9 Å². The van der Waals surface area contributed by atoms with Crippen molar-refractivity contribution < 1.29 is 9.90 Å². The third-order valence-corrected chi connectivity index (χ3v) is 3.40. The molecule has 0 aliphatic rings. The van der Waals surface area contributed by atoms with Crippen molar-refractivity contribution in [3.63, 3.8) is 0 Å². The molecule has 1 unspecified atom stereocenters. The highest BCUT2D eigenvalue weighted by Gasteiger charge is 2.20. The molecule has 4 nitrogen and oxygen atoms in total. The van der Waals surface area contributed by atoms with Crippen LogP contribution in [0.3, 0.4) is 0 Å². The summed E-state index contributed by atoms with van der Waals surface area (Å²) in [6.07, 6.45) is 2.90. The maximum Gasteiger partial charge on any atom is 0.310 e. The second kappa shape index (κ2) is 5.89. The lowest BCUT2D eigenvalue weighted by Gasteiger charge is -2.13. The van der Waals surface area contributed by atoms with Gasteiger partial charge >= 0.3 is 5.97 Å². The van der Waals surface area contributed by atoms with Crippen LogP contribution in [0.25, 0.3) is 0 Å². The zero-order valence-electron chi connectivity index (χ0n) is 10.6. The van der Waals surface area contributed by atoms with Gasteiger partial charge in [0.2, 0.25) is 0 Å². The fourth-order valence-electron chi connectivity index (χ4n) is 2.09. The molecule has 0 amide bonds. The summed E-state index contributed by atoms with van der Waals surface area (Å²) in [4.78, 5) is 11.4. The van der Waals surface area contributed by atoms with Crippen molar-refractivity contribution in [1.82, 2.24) is 9.78 Å². The Morgan fingerprint density at radius 1 is 1.47 bits per heavy atom. The van der Waals surface area contributed by atoms with Gasteiger partial charge < -0.3 is 5.11 Å². The number of carboxylic acid groups (broad SMARTS) is 1. The molecular formula is C14H15ClN2O2. The zero-order valence-corrected chi connectivity index (χ0v) is 11.3. The van der Waals surface area contributed by atoms with E-state index in [0.717, 1.165) is 11.3 Å². The third kappa shape index (κ3) is 3.35.